The lowest BCUT2D eigenvalue weighted by Crippen LogP contribution is -2.54. The number of esters is 1. The second-order valence-electron chi connectivity index (χ2n) is 10.2. The zero-order chi connectivity index (χ0) is 30.3. The summed E-state index contributed by atoms with van der Waals surface area (Å²) >= 11 is 12.5. The number of benzene rings is 2. The number of carbonyl (C=O) groups is 3. The fraction of sp³-hybridized carbons (Fsp3) is 0.300. The Labute approximate surface area is 254 Å². The molecule has 1 aliphatic heterocycles. The summed E-state index contributed by atoms with van der Waals surface area (Å²) in [6, 6.07) is 12.6. The lowest BCUT2D eigenvalue weighted by atomic mass is 9.89. The summed E-state index contributed by atoms with van der Waals surface area (Å²) in [6.07, 6.45) is 5.67. The maximum absolute atomic E-state index is 12.7. The summed E-state index contributed by atoms with van der Waals surface area (Å²) in [4.78, 5) is 47.4. The van der Waals surface area contributed by atoms with Crippen LogP contribution in [-0.2, 0) is 25.7 Å². The molecule has 12 heteroatoms. The first-order chi connectivity index (χ1) is 20.1. The molecular formula is C30H32Cl2N6O4. The zero-order valence-corrected chi connectivity index (χ0v) is 24.8. The van der Waals surface area contributed by atoms with E-state index in [-0.39, 0.29) is 30.6 Å². The van der Waals surface area contributed by atoms with Crippen LogP contribution in [0.15, 0.2) is 54.7 Å². The molecule has 1 fully saturated rings. The first-order valence-electron chi connectivity index (χ1n) is 13.3. The number of nitrogens with two attached hydrogens (primary N) is 1. The van der Waals surface area contributed by atoms with Crippen LogP contribution >= 0.6 is 23.2 Å². The lowest BCUT2D eigenvalue weighted by molar-refractivity contribution is -0.135. The predicted molar refractivity (Wildman–Crippen MR) is 164 cm³/mol. The van der Waals surface area contributed by atoms with Crippen LogP contribution in [0.25, 0.3) is 17.3 Å². The molecule has 0 aliphatic carbocycles. The third-order valence-corrected chi connectivity index (χ3v) is 7.85. The molecule has 2 amide bonds. The number of nitrogen functional groups attached to an aromatic ring is 1. The van der Waals surface area contributed by atoms with Gasteiger partial charge in [-0.05, 0) is 43.0 Å². The number of anilines is 2. The normalized spacial score (nSPS) is 14.4. The molecule has 0 bridgehead atoms. The molecule has 4 rings (SSSR count). The standard InChI is InChI=1S/C30H32Cl2N6O4/c1-30(37-25(40)16-24(39)34-17-20-8-6-19(7-9-20)10-11-26(41)42-2)12-14-38(15-13-30)23-18-35-28(29(33)36-23)21-4-3-5-22(31)27(21)32/h3-11,18H,12-17H2,1-2H3,(H2,33,36)(H,34,39)(H,37,40)/b11-10+. The maximum Gasteiger partial charge on any atom is 0.330 e. The smallest absolute Gasteiger partial charge is 0.330 e. The number of rotatable bonds is 9. The van der Waals surface area contributed by atoms with E-state index in [0.29, 0.717) is 53.1 Å². The van der Waals surface area contributed by atoms with Gasteiger partial charge in [0, 0.05) is 36.8 Å². The van der Waals surface area contributed by atoms with Crippen molar-refractivity contribution in [2.75, 3.05) is 30.8 Å². The average molecular weight is 612 g/mol. The van der Waals surface area contributed by atoms with Gasteiger partial charge >= 0.3 is 5.97 Å². The van der Waals surface area contributed by atoms with Gasteiger partial charge in [-0.2, -0.15) is 0 Å². The Morgan fingerprint density at radius 3 is 2.48 bits per heavy atom. The number of carbonyl (C=O) groups excluding carboxylic acids is 3. The summed E-state index contributed by atoms with van der Waals surface area (Å²) in [5.41, 5.74) is 8.52. The van der Waals surface area contributed by atoms with Crippen molar-refractivity contribution < 1.29 is 19.1 Å². The van der Waals surface area contributed by atoms with Gasteiger partial charge in [0.2, 0.25) is 11.8 Å². The Morgan fingerprint density at radius 2 is 1.81 bits per heavy atom. The van der Waals surface area contributed by atoms with Gasteiger partial charge in [0.1, 0.15) is 17.9 Å². The summed E-state index contributed by atoms with van der Waals surface area (Å²) in [6.45, 7) is 3.50. The highest BCUT2D eigenvalue weighted by Gasteiger charge is 2.32. The molecule has 1 aliphatic rings. The molecular weight excluding hydrogens is 579 g/mol. The Kier molecular flexibility index (Phi) is 10.0. The van der Waals surface area contributed by atoms with Crippen LogP contribution < -0.4 is 21.3 Å². The monoisotopic (exact) mass is 610 g/mol. The highest BCUT2D eigenvalue weighted by molar-refractivity contribution is 6.43. The van der Waals surface area contributed by atoms with E-state index in [1.807, 2.05) is 31.2 Å². The van der Waals surface area contributed by atoms with Crippen molar-refractivity contribution in [1.29, 1.82) is 0 Å². The van der Waals surface area contributed by atoms with E-state index in [1.165, 1.54) is 13.2 Å². The van der Waals surface area contributed by atoms with E-state index in [2.05, 4.69) is 30.2 Å². The summed E-state index contributed by atoms with van der Waals surface area (Å²) in [5, 5.41) is 6.57. The number of hydrogen-bond acceptors (Lipinski definition) is 8. The summed E-state index contributed by atoms with van der Waals surface area (Å²) in [7, 11) is 1.32. The molecule has 0 radical (unpaired) electrons. The predicted octanol–water partition coefficient (Wildman–Crippen LogP) is 4.40. The van der Waals surface area contributed by atoms with Crippen molar-refractivity contribution >= 4 is 58.7 Å². The number of hydrogen-bond donors (Lipinski definition) is 3. The topological polar surface area (TPSA) is 140 Å². The maximum atomic E-state index is 12.7. The van der Waals surface area contributed by atoms with E-state index >= 15 is 0 Å². The van der Waals surface area contributed by atoms with E-state index in [9.17, 15) is 14.4 Å². The van der Waals surface area contributed by atoms with E-state index in [4.69, 9.17) is 28.9 Å². The molecule has 2 heterocycles. The van der Waals surface area contributed by atoms with Crippen molar-refractivity contribution in [3.8, 4) is 11.3 Å². The zero-order valence-electron chi connectivity index (χ0n) is 23.3. The second-order valence-corrected chi connectivity index (χ2v) is 11.0. The molecule has 1 aromatic heterocycles. The van der Waals surface area contributed by atoms with Gasteiger partial charge in [-0.25, -0.2) is 14.8 Å². The van der Waals surface area contributed by atoms with Gasteiger partial charge in [-0.3, -0.25) is 9.59 Å². The van der Waals surface area contributed by atoms with Gasteiger partial charge in [0.05, 0.1) is 23.4 Å². The number of amides is 2. The number of aromatic nitrogens is 2. The Balaban J connectivity index is 1.24. The highest BCUT2D eigenvalue weighted by Crippen LogP contribution is 2.35. The molecule has 3 aromatic rings. The molecule has 0 saturated carbocycles. The molecule has 4 N–H and O–H groups in total. The number of nitrogens with zero attached hydrogens (tertiary/aromatic N) is 3. The van der Waals surface area contributed by atoms with Gasteiger partial charge in [0.25, 0.3) is 0 Å². The highest BCUT2D eigenvalue weighted by atomic mass is 35.5. The Morgan fingerprint density at radius 1 is 1.10 bits per heavy atom. The largest absolute Gasteiger partial charge is 0.466 e. The van der Waals surface area contributed by atoms with Crippen LogP contribution in [0.3, 0.4) is 0 Å². The SMILES string of the molecule is COC(=O)/C=C/c1ccc(CNC(=O)CC(=O)NC2(C)CCN(c3cnc(-c4cccc(Cl)c4Cl)c(N)n3)CC2)cc1. The molecule has 0 spiro atoms. The number of halogens is 2. The van der Waals surface area contributed by atoms with Crippen LogP contribution in [0.1, 0.15) is 37.3 Å². The van der Waals surface area contributed by atoms with Gasteiger partial charge in [0.15, 0.2) is 5.82 Å². The van der Waals surface area contributed by atoms with Crippen molar-refractivity contribution in [3.63, 3.8) is 0 Å². The van der Waals surface area contributed by atoms with Crippen LogP contribution in [0, 0.1) is 0 Å². The van der Waals surface area contributed by atoms with Crippen LogP contribution in [0.2, 0.25) is 10.0 Å². The minimum absolute atomic E-state index is 0.246. The summed E-state index contributed by atoms with van der Waals surface area (Å²) in [5.74, 6) is -0.257. The minimum atomic E-state index is -0.464. The van der Waals surface area contributed by atoms with Gasteiger partial charge in [-0.15, -0.1) is 0 Å². The molecule has 2 aromatic carbocycles. The first kappa shape index (κ1) is 30.8. The van der Waals surface area contributed by atoms with Crippen LogP contribution in [0.4, 0.5) is 11.6 Å². The summed E-state index contributed by atoms with van der Waals surface area (Å²) < 4.78 is 4.57. The van der Waals surface area contributed by atoms with E-state index in [1.54, 1.807) is 30.5 Å². The number of nitrogens with one attached hydrogen (secondary N) is 2. The van der Waals surface area contributed by atoms with Crippen molar-refractivity contribution in [2.45, 2.75) is 38.3 Å². The third-order valence-electron chi connectivity index (χ3n) is 7.03. The van der Waals surface area contributed by atoms with Gasteiger partial charge < -0.3 is 26.0 Å². The number of piperidine rings is 1. The van der Waals surface area contributed by atoms with Crippen molar-refractivity contribution in [2.24, 2.45) is 0 Å². The Hall–Kier alpha value is -4.15. The van der Waals surface area contributed by atoms with Crippen molar-refractivity contribution in [1.82, 2.24) is 20.6 Å². The molecule has 10 nitrogen and oxygen atoms in total. The lowest BCUT2D eigenvalue weighted by Gasteiger charge is -2.40. The molecule has 42 heavy (non-hydrogen) atoms. The average Bonchev–Trinajstić information content (AvgIpc) is 2.97. The molecule has 1 saturated heterocycles. The molecule has 220 valence electrons. The van der Waals surface area contributed by atoms with E-state index in [0.717, 1.165) is 11.1 Å². The fourth-order valence-corrected chi connectivity index (χ4v) is 4.95. The van der Waals surface area contributed by atoms with Crippen molar-refractivity contribution in [3.05, 3.63) is 75.9 Å². The number of methoxy groups -OCH3 is 1. The van der Waals surface area contributed by atoms with Crippen LogP contribution in [-0.4, -0.2) is 53.5 Å². The van der Waals surface area contributed by atoms with Gasteiger partial charge in [-0.1, -0.05) is 59.6 Å². The minimum Gasteiger partial charge on any atom is -0.466 e. The van der Waals surface area contributed by atoms with Crippen LogP contribution in [0.5, 0.6) is 0 Å². The quantitative estimate of drug-likeness (QED) is 0.184. The fourth-order valence-electron chi connectivity index (χ4n) is 4.56. The van der Waals surface area contributed by atoms with E-state index < -0.39 is 11.5 Å². The second kappa shape index (κ2) is 13.7. The molecule has 0 atom stereocenters. The number of ether oxygens (including phenoxy) is 1. The first-order valence-corrected chi connectivity index (χ1v) is 14.1. The molecule has 0 unspecified atom stereocenters. The Bertz CT molecular complexity index is 1490. The third kappa shape index (κ3) is 7.98.